The molecule has 27 heavy (non-hydrogen) atoms. The Bertz CT molecular complexity index is 602. The van der Waals surface area contributed by atoms with Gasteiger partial charge < -0.3 is 15.5 Å². The van der Waals surface area contributed by atoms with Crippen molar-refractivity contribution in [3.05, 3.63) is 16.1 Å². The van der Waals surface area contributed by atoms with Gasteiger partial charge in [0.1, 0.15) is 5.69 Å². The lowest BCUT2D eigenvalue weighted by atomic mass is 10.1. The summed E-state index contributed by atoms with van der Waals surface area (Å²) in [6.07, 6.45) is 4.18. The smallest absolute Gasteiger partial charge is 0.273 e. The van der Waals surface area contributed by atoms with E-state index in [4.69, 9.17) is 5.73 Å². The van der Waals surface area contributed by atoms with Crippen LogP contribution in [0.4, 0.5) is 0 Å². The number of carbonyl (C=O) groups is 2. The third-order valence-corrected chi connectivity index (χ3v) is 5.76. The average Bonchev–Trinajstić information content (AvgIpc) is 3.11. The van der Waals surface area contributed by atoms with Crippen molar-refractivity contribution in [3.63, 3.8) is 0 Å². The Hall–Kier alpha value is -0.930. The van der Waals surface area contributed by atoms with E-state index in [0.29, 0.717) is 38.3 Å². The molecule has 3 rings (SSSR count). The molecule has 3 heterocycles. The van der Waals surface area contributed by atoms with Crippen LogP contribution in [0.2, 0.25) is 0 Å². The van der Waals surface area contributed by atoms with Crippen molar-refractivity contribution in [1.29, 1.82) is 0 Å². The van der Waals surface area contributed by atoms with Gasteiger partial charge in [-0.3, -0.25) is 14.5 Å². The summed E-state index contributed by atoms with van der Waals surface area (Å²) in [7, 11) is 0. The second-order valence-electron chi connectivity index (χ2n) is 6.67. The number of aromatic nitrogens is 1. The van der Waals surface area contributed by atoms with Gasteiger partial charge in [-0.25, -0.2) is 4.98 Å². The minimum absolute atomic E-state index is 0. The number of carbonyl (C=O) groups excluding carboxylic acids is 2. The third-order valence-electron chi connectivity index (χ3n) is 4.86. The second kappa shape index (κ2) is 11.8. The van der Waals surface area contributed by atoms with Gasteiger partial charge in [0, 0.05) is 51.1 Å². The summed E-state index contributed by atoms with van der Waals surface area (Å²) in [6.45, 7) is 5.59. The molecule has 0 atom stereocenters. The predicted octanol–water partition coefficient (Wildman–Crippen LogP) is 1.26. The Labute approximate surface area is 177 Å². The van der Waals surface area contributed by atoms with Crippen LogP contribution in [-0.4, -0.2) is 83.9 Å². The molecule has 0 spiro atoms. The fourth-order valence-electron chi connectivity index (χ4n) is 3.35. The van der Waals surface area contributed by atoms with E-state index in [1.54, 1.807) is 0 Å². The summed E-state index contributed by atoms with van der Waals surface area (Å²) in [5.74, 6) is 0.215. The Kier molecular flexibility index (Phi) is 10.5. The summed E-state index contributed by atoms with van der Waals surface area (Å²) >= 11 is 1.49. The second-order valence-corrected chi connectivity index (χ2v) is 7.62. The minimum Gasteiger partial charge on any atom is -0.342 e. The summed E-state index contributed by atoms with van der Waals surface area (Å²) in [5, 5.41) is 2.73. The highest BCUT2D eigenvalue weighted by molar-refractivity contribution is 7.09. The van der Waals surface area contributed by atoms with Gasteiger partial charge in [0.2, 0.25) is 5.91 Å². The Morgan fingerprint density at radius 2 is 1.67 bits per heavy atom. The predicted molar refractivity (Wildman–Crippen MR) is 112 cm³/mol. The molecule has 2 fully saturated rings. The van der Waals surface area contributed by atoms with Crippen molar-refractivity contribution in [1.82, 2.24) is 19.7 Å². The molecule has 0 unspecified atom stereocenters. The molecule has 0 saturated carbocycles. The van der Waals surface area contributed by atoms with Gasteiger partial charge in [0.15, 0.2) is 0 Å². The van der Waals surface area contributed by atoms with E-state index in [-0.39, 0.29) is 36.6 Å². The first-order chi connectivity index (χ1) is 12.2. The largest absolute Gasteiger partial charge is 0.342 e. The lowest BCUT2D eigenvalue weighted by Gasteiger charge is -2.35. The van der Waals surface area contributed by atoms with E-state index < -0.39 is 0 Å². The maximum atomic E-state index is 12.5. The molecule has 1 aromatic rings. The van der Waals surface area contributed by atoms with Gasteiger partial charge in [-0.05, 0) is 25.8 Å². The van der Waals surface area contributed by atoms with Crippen LogP contribution in [0.25, 0.3) is 0 Å². The molecule has 0 aliphatic carbocycles. The molecule has 2 N–H and O–H groups in total. The van der Waals surface area contributed by atoms with Crippen LogP contribution in [-0.2, 0) is 11.2 Å². The zero-order valence-electron chi connectivity index (χ0n) is 15.5. The number of piperazine rings is 1. The fraction of sp³-hybridized carbons (Fsp3) is 0.706. The number of piperidine rings is 1. The van der Waals surface area contributed by atoms with Gasteiger partial charge in [0.25, 0.3) is 5.91 Å². The molecule has 0 aromatic carbocycles. The van der Waals surface area contributed by atoms with Crippen molar-refractivity contribution in [2.24, 2.45) is 5.73 Å². The van der Waals surface area contributed by atoms with Crippen molar-refractivity contribution in [2.45, 2.75) is 25.7 Å². The van der Waals surface area contributed by atoms with Crippen LogP contribution in [0.1, 0.15) is 34.8 Å². The number of thiazole rings is 1. The number of hydrogen-bond donors (Lipinski definition) is 1. The summed E-state index contributed by atoms with van der Waals surface area (Å²) in [5.41, 5.74) is 6.05. The van der Waals surface area contributed by atoms with Gasteiger partial charge in [-0.2, -0.15) is 0 Å². The maximum Gasteiger partial charge on any atom is 0.273 e. The van der Waals surface area contributed by atoms with Crippen LogP contribution >= 0.6 is 36.2 Å². The summed E-state index contributed by atoms with van der Waals surface area (Å²) < 4.78 is 0. The number of rotatable bonds is 5. The van der Waals surface area contributed by atoms with Gasteiger partial charge in [-0.1, -0.05) is 0 Å². The standard InChI is InChI=1S/C17H27N5O2S.2ClH/c18-5-4-15-19-14(13-25-15)17(24)22-10-8-20(9-11-22)12-16(23)21-6-2-1-3-7-21;;/h13H,1-12,18H2;2*1H. The molecule has 0 bridgehead atoms. The van der Waals surface area contributed by atoms with Crippen molar-refractivity contribution in [2.75, 3.05) is 52.4 Å². The third kappa shape index (κ3) is 6.57. The van der Waals surface area contributed by atoms with Crippen molar-refractivity contribution in [3.8, 4) is 0 Å². The molecule has 2 aliphatic rings. The maximum absolute atomic E-state index is 12.5. The fourth-order valence-corrected chi connectivity index (χ4v) is 4.14. The van der Waals surface area contributed by atoms with E-state index in [2.05, 4.69) is 9.88 Å². The van der Waals surface area contributed by atoms with Gasteiger partial charge >= 0.3 is 0 Å². The summed E-state index contributed by atoms with van der Waals surface area (Å²) in [4.78, 5) is 35.2. The van der Waals surface area contributed by atoms with E-state index in [1.165, 1.54) is 17.8 Å². The highest BCUT2D eigenvalue weighted by Crippen LogP contribution is 2.14. The molecule has 0 radical (unpaired) electrons. The van der Waals surface area contributed by atoms with Crippen LogP contribution < -0.4 is 5.73 Å². The van der Waals surface area contributed by atoms with Crippen LogP contribution in [0.15, 0.2) is 5.38 Å². The number of halogens is 2. The zero-order chi connectivity index (χ0) is 17.6. The monoisotopic (exact) mass is 437 g/mol. The molecule has 2 aliphatic heterocycles. The molecule has 7 nitrogen and oxygen atoms in total. The zero-order valence-corrected chi connectivity index (χ0v) is 17.9. The highest BCUT2D eigenvalue weighted by Gasteiger charge is 2.26. The molecule has 1 aromatic heterocycles. The van der Waals surface area contributed by atoms with Crippen molar-refractivity contribution < 1.29 is 9.59 Å². The molecule has 10 heteroatoms. The van der Waals surface area contributed by atoms with Crippen LogP contribution in [0, 0.1) is 0 Å². The number of likely N-dealkylation sites (tertiary alicyclic amines) is 1. The molecule has 2 amide bonds. The normalized spacial score (nSPS) is 17.8. The quantitative estimate of drug-likeness (QED) is 0.749. The average molecular weight is 438 g/mol. The molecular formula is C17H29Cl2N5O2S. The van der Waals surface area contributed by atoms with Crippen LogP contribution in [0.5, 0.6) is 0 Å². The number of amides is 2. The molecular weight excluding hydrogens is 409 g/mol. The van der Waals surface area contributed by atoms with Crippen LogP contribution in [0.3, 0.4) is 0 Å². The molecule has 2 saturated heterocycles. The minimum atomic E-state index is -0.0125. The Morgan fingerprint density at radius 3 is 2.30 bits per heavy atom. The highest BCUT2D eigenvalue weighted by atomic mass is 35.5. The topological polar surface area (TPSA) is 82.8 Å². The SMILES string of the molecule is Cl.Cl.NCCc1nc(C(=O)N2CCN(CC(=O)N3CCCCC3)CC2)cs1. The van der Waals surface area contributed by atoms with E-state index in [9.17, 15) is 9.59 Å². The van der Waals surface area contributed by atoms with Crippen molar-refractivity contribution >= 4 is 48.0 Å². The Balaban J connectivity index is 0.00000182. The molecule has 154 valence electrons. The van der Waals surface area contributed by atoms with Gasteiger partial charge in [-0.15, -0.1) is 36.2 Å². The lowest BCUT2D eigenvalue weighted by molar-refractivity contribution is -0.133. The van der Waals surface area contributed by atoms with E-state index >= 15 is 0 Å². The van der Waals surface area contributed by atoms with E-state index in [1.807, 2.05) is 15.2 Å². The first kappa shape index (κ1) is 24.1. The number of nitrogens with two attached hydrogens (primary N) is 1. The first-order valence-electron chi connectivity index (χ1n) is 9.11. The van der Waals surface area contributed by atoms with Gasteiger partial charge in [0.05, 0.1) is 11.6 Å². The van der Waals surface area contributed by atoms with E-state index in [0.717, 1.165) is 44.0 Å². The summed E-state index contributed by atoms with van der Waals surface area (Å²) in [6, 6.07) is 0. The Morgan fingerprint density at radius 1 is 1.00 bits per heavy atom. The number of nitrogens with zero attached hydrogens (tertiary/aromatic N) is 4. The first-order valence-corrected chi connectivity index (χ1v) is 9.99. The lowest BCUT2D eigenvalue weighted by Crippen LogP contribution is -2.52. The number of hydrogen-bond acceptors (Lipinski definition) is 6.